The molecule has 7 heterocycles. The molecule has 0 spiro atoms. The molecule has 7 heteroatoms. The lowest BCUT2D eigenvalue weighted by atomic mass is 9.94. The number of pyridine rings is 4. The highest BCUT2D eigenvalue weighted by Crippen LogP contribution is 2.46. The second kappa shape index (κ2) is 20.8. The molecule has 6 nitrogen and oxygen atoms in total. The Balaban J connectivity index is 0.848. The highest BCUT2D eigenvalue weighted by Gasteiger charge is 2.22. The smallest absolute Gasteiger partial charge is 0.0708 e. The van der Waals surface area contributed by atoms with Crippen molar-refractivity contribution >= 4 is 72.8 Å². The topological polar surface area (TPSA) is 61.4 Å². The maximum Gasteiger partial charge on any atom is 0.0708 e. The Hall–Kier alpha value is -11.3. The quantitative estimate of drug-likeness (QED) is 0.137. The molecule has 0 unspecified atom stereocenters. The van der Waals surface area contributed by atoms with Gasteiger partial charge in [0, 0.05) is 80.0 Å². The Morgan fingerprint density at radius 1 is 0.218 bits per heavy atom. The summed E-state index contributed by atoms with van der Waals surface area (Å²) in [6, 6.07) is 101. The minimum atomic E-state index is 0.535. The van der Waals surface area contributed by atoms with Gasteiger partial charge in [-0.2, -0.15) is 0 Å². The van der Waals surface area contributed by atoms with Gasteiger partial charge in [-0.25, -0.2) is 0 Å². The molecule has 0 amide bonds. The van der Waals surface area contributed by atoms with Crippen LogP contribution in [0.3, 0.4) is 0 Å². The molecular formula is C80H51N6P. The molecular weight excluding hydrogens is 1080 g/mol. The first-order valence-electron chi connectivity index (χ1n) is 29.4. The first kappa shape index (κ1) is 50.2. The molecule has 0 N–H and O–H groups in total. The predicted octanol–water partition coefficient (Wildman–Crippen LogP) is 21.1. The van der Waals surface area contributed by atoms with Crippen LogP contribution in [0.4, 0.5) is 0 Å². The van der Waals surface area contributed by atoms with Crippen molar-refractivity contribution in [3.05, 3.63) is 304 Å². The van der Waals surface area contributed by atoms with Gasteiger partial charge in [0.2, 0.25) is 0 Å². The van der Waals surface area contributed by atoms with Crippen molar-refractivity contribution < 1.29 is 0 Å². The van der Waals surface area contributed by atoms with Crippen LogP contribution in [0.1, 0.15) is 0 Å². The summed E-state index contributed by atoms with van der Waals surface area (Å²) in [5, 5.41) is 9.95. The zero-order valence-electron chi connectivity index (χ0n) is 47.1. The molecule has 0 aliphatic rings. The van der Waals surface area contributed by atoms with Gasteiger partial charge in [0.1, 0.15) is 0 Å². The summed E-state index contributed by atoms with van der Waals surface area (Å²) in [7, 11) is 0.535. The van der Waals surface area contributed by atoms with Crippen molar-refractivity contribution in [2.45, 2.75) is 0 Å². The third-order valence-corrected chi connectivity index (χ3v) is 18.7. The Morgan fingerprint density at radius 2 is 0.483 bits per heavy atom. The lowest BCUT2D eigenvalue weighted by Crippen LogP contribution is -1.95. The molecule has 7 aromatic heterocycles. The van der Waals surface area contributed by atoms with Gasteiger partial charge >= 0.3 is 0 Å². The minimum absolute atomic E-state index is 0.535. The van der Waals surface area contributed by atoms with E-state index >= 15 is 0 Å². The third kappa shape index (κ3) is 8.56. The molecule has 406 valence electrons. The lowest BCUT2D eigenvalue weighted by molar-refractivity contribution is 1.18. The number of nitrogens with zero attached hydrogens (tertiary/aromatic N) is 6. The normalized spacial score (nSPS) is 11.7. The van der Waals surface area contributed by atoms with E-state index in [2.05, 4.69) is 264 Å². The van der Waals surface area contributed by atoms with Gasteiger partial charge in [0.25, 0.3) is 0 Å². The Bertz CT molecular complexity index is 4890. The van der Waals surface area contributed by atoms with E-state index in [9.17, 15) is 0 Å². The highest BCUT2D eigenvalue weighted by molar-refractivity contribution is 7.43. The maximum atomic E-state index is 4.80. The van der Waals surface area contributed by atoms with Crippen molar-refractivity contribution in [1.82, 2.24) is 29.1 Å². The zero-order valence-corrected chi connectivity index (χ0v) is 48.1. The molecule has 0 atom stereocenters. The van der Waals surface area contributed by atoms with Gasteiger partial charge < -0.3 is 9.13 Å². The van der Waals surface area contributed by atoms with Crippen LogP contribution in [-0.2, 0) is 0 Å². The van der Waals surface area contributed by atoms with Gasteiger partial charge in [0.05, 0.1) is 44.8 Å². The molecule has 10 aromatic carbocycles. The largest absolute Gasteiger partial charge is 0.309 e. The number of aromatic nitrogens is 6. The first-order valence-corrected chi connectivity index (χ1v) is 30.4. The van der Waals surface area contributed by atoms with E-state index in [1.807, 2.05) is 49.1 Å². The number of benzene rings is 10. The van der Waals surface area contributed by atoms with E-state index in [4.69, 9.17) is 19.9 Å². The molecule has 0 saturated carbocycles. The van der Waals surface area contributed by atoms with Crippen LogP contribution in [-0.4, -0.2) is 29.1 Å². The Morgan fingerprint density at radius 3 is 0.747 bits per heavy atom. The van der Waals surface area contributed by atoms with Crippen molar-refractivity contribution in [3.8, 4) is 101 Å². The number of hydrogen-bond acceptors (Lipinski definition) is 4. The third-order valence-electron chi connectivity index (χ3n) is 17.3. The monoisotopic (exact) mass is 1130 g/mol. The van der Waals surface area contributed by atoms with Crippen LogP contribution in [0, 0.1) is 0 Å². The summed E-state index contributed by atoms with van der Waals surface area (Å²) in [6.45, 7) is 0. The van der Waals surface area contributed by atoms with Crippen LogP contribution in [0.5, 0.6) is 0 Å². The lowest BCUT2D eigenvalue weighted by Gasteiger charge is -2.12. The van der Waals surface area contributed by atoms with Crippen LogP contribution in [0.2, 0.25) is 0 Å². The second-order valence-electron chi connectivity index (χ2n) is 22.2. The van der Waals surface area contributed by atoms with E-state index in [1.165, 1.54) is 42.6 Å². The van der Waals surface area contributed by atoms with Crippen molar-refractivity contribution in [1.29, 1.82) is 0 Å². The Kier molecular flexibility index (Phi) is 12.0. The standard InChI is InChI=1S/C80H51N6P/c1-5-21-61(71-25-9-13-41-81-71)57(17-1)51-29-35-75-65(45-51)66-46-52(58-18-2-6-22-62(58)72-26-10-14-42-82-72)30-36-76(66)85(75)55-33-39-79-69(49-55)70-50-56(34-40-80(70)87-79)86-77-37-31-53(59-19-3-7-23-63(59)73-27-11-15-43-83-73)47-67(77)68-48-54(32-38-78(68)86)60-20-4-8-24-64(60)74-28-12-16-44-84-74/h1-50,87H. The van der Waals surface area contributed by atoms with Gasteiger partial charge in [-0.15, -0.1) is 8.19 Å². The number of fused-ring (bicyclic) bond motifs is 9. The molecule has 0 saturated heterocycles. The van der Waals surface area contributed by atoms with Crippen molar-refractivity contribution in [2.24, 2.45) is 0 Å². The highest BCUT2D eigenvalue weighted by atomic mass is 31.0. The fourth-order valence-corrected chi connectivity index (χ4v) is 14.7. The van der Waals surface area contributed by atoms with Crippen molar-refractivity contribution in [2.75, 3.05) is 0 Å². The SMILES string of the molecule is c1ccc(-c2ccccc2-c2ccc3c(c2)c2cc(-c4ccccc4-c4ccccn4)ccc2n3-c2ccc3[pH]c4ccc(-n5c6ccc(-c7ccccc7-c7ccccn7)cc6c6cc(-c7ccccc7-c7ccccn7)ccc65)cc4c3c2)nc1. The summed E-state index contributed by atoms with van der Waals surface area (Å²) in [6.07, 6.45) is 7.48. The number of hydrogen-bond donors (Lipinski definition) is 0. The second-order valence-corrected chi connectivity index (χ2v) is 23.6. The molecule has 0 radical (unpaired) electrons. The summed E-state index contributed by atoms with van der Waals surface area (Å²) in [4.78, 5) is 19.2. The fourth-order valence-electron chi connectivity index (χ4n) is 13.3. The molecule has 0 aliphatic heterocycles. The molecule has 17 aromatic rings. The van der Waals surface area contributed by atoms with E-state index in [0.29, 0.717) is 8.19 Å². The van der Waals surface area contributed by atoms with Gasteiger partial charge in [-0.3, -0.25) is 19.9 Å². The zero-order chi connectivity index (χ0) is 57.4. The summed E-state index contributed by atoms with van der Waals surface area (Å²) < 4.78 is 4.94. The molecule has 87 heavy (non-hydrogen) atoms. The van der Waals surface area contributed by atoms with Gasteiger partial charge in [-0.1, -0.05) is 146 Å². The number of rotatable bonds is 10. The van der Waals surface area contributed by atoms with Gasteiger partial charge in [0.15, 0.2) is 0 Å². The van der Waals surface area contributed by atoms with Crippen LogP contribution < -0.4 is 0 Å². The summed E-state index contributed by atoms with van der Waals surface area (Å²) in [5.41, 5.74) is 24.1. The van der Waals surface area contributed by atoms with Crippen molar-refractivity contribution in [3.63, 3.8) is 0 Å². The molecule has 0 bridgehead atoms. The average Bonchev–Trinajstić information content (AvgIpc) is 1.72. The van der Waals surface area contributed by atoms with Crippen LogP contribution in [0.25, 0.3) is 166 Å². The Labute approximate surface area is 503 Å². The van der Waals surface area contributed by atoms with E-state index in [-0.39, 0.29) is 0 Å². The molecule has 17 rings (SSSR count). The fraction of sp³-hybridized carbons (Fsp3) is 0. The minimum Gasteiger partial charge on any atom is -0.309 e. The van der Waals surface area contributed by atoms with Crippen LogP contribution >= 0.6 is 8.19 Å². The first-order chi connectivity index (χ1) is 43.1. The van der Waals surface area contributed by atoms with E-state index in [0.717, 1.165) is 123 Å². The van der Waals surface area contributed by atoms with Gasteiger partial charge in [-0.05, 0) is 199 Å². The van der Waals surface area contributed by atoms with E-state index < -0.39 is 0 Å². The van der Waals surface area contributed by atoms with E-state index in [1.54, 1.807) is 0 Å². The van der Waals surface area contributed by atoms with Crippen LogP contribution in [0.15, 0.2) is 304 Å². The summed E-state index contributed by atoms with van der Waals surface area (Å²) in [5.74, 6) is 0. The summed E-state index contributed by atoms with van der Waals surface area (Å²) >= 11 is 0. The predicted molar refractivity (Wildman–Crippen MR) is 364 cm³/mol. The molecule has 0 aliphatic carbocycles. The average molecular weight is 1130 g/mol. The molecule has 0 fully saturated rings. The maximum absolute atomic E-state index is 4.80.